The summed E-state index contributed by atoms with van der Waals surface area (Å²) in [6.45, 7) is 7.82. The molecule has 3 nitrogen and oxygen atoms in total. The lowest BCUT2D eigenvalue weighted by Crippen LogP contribution is -2.08. The number of halogens is 2. The Kier molecular flexibility index (Phi) is 4.68. The Morgan fingerprint density at radius 3 is 2.63 bits per heavy atom. The zero-order valence-corrected chi connectivity index (χ0v) is 14.5. The summed E-state index contributed by atoms with van der Waals surface area (Å²) in [6.07, 6.45) is 0. The largest absolute Gasteiger partial charge is 0.378 e. The van der Waals surface area contributed by atoms with Crippen LogP contribution in [0.1, 0.15) is 23.9 Å². The van der Waals surface area contributed by atoms with Gasteiger partial charge in [0.1, 0.15) is 0 Å². The zero-order chi connectivity index (χ0) is 14.0. The smallest absolute Gasteiger partial charge is 0.0739 e. The molecular formula is C14H17Br2N3. The van der Waals surface area contributed by atoms with E-state index >= 15 is 0 Å². The van der Waals surface area contributed by atoms with E-state index in [0.29, 0.717) is 0 Å². The maximum absolute atomic E-state index is 4.50. The molecule has 1 heterocycles. The van der Waals surface area contributed by atoms with Gasteiger partial charge in [-0.05, 0) is 70.3 Å². The van der Waals surface area contributed by atoms with Gasteiger partial charge in [0.2, 0.25) is 0 Å². The fraction of sp³-hybridized carbons (Fsp3) is 0.357. The Morgan fingerprint density at radius 2 is 2.00 bits per heavy atom. The molecule has 0 aliphatic carbocycles. The van der Waals surface area contributed by atoms with Crippen molar-refractivity contribution in [3.8, 4) is 0 Å². The fourth-order valence-electron chi connectivity index (χ4n) is 1.98. The Labute approximate surface area is 130 Å². The summed E-state index contributed by atoms with van der Waals surface area (Å²) in [4.78, 5) is 0. The van der Waals surface area contributed by atoms with Crippen molar-refractivity contribution in [3.63, 3.8) is 0 Å². The van der Waals surface area contributed by atoms with E-state index in [0.717, 1.165) is 33.4 Å². The highest BCUT2D eigenvalue weighted by atomic mass is 79.9. The molecule has 5 heteroatoms. The topological polar surface area (TPSA) is 29.9 Å². The second kappa shape index (κ2) is 6.09. The van der Waals surface area contributed by atoms with Crippen molar-refractivity contribution in [2.45, 2.75) is 33.9 Å². The molecule has 0 unspecified atom stereocenters. The first kappa shape index (κ1) is 14.6. The highest BCUT2D eigenvalue weighted by molar-refractivity contribution is 9.11. The van der Waals surface area contributed by atoms with Crippen molar-refractivity contribution >= 4 is 37.5 Å². The molecule has 19 heavy (non-hydrogen) atoms. The van der Waals surface area contributed by atoms with Crippen LogP contribution in [0.4, 0.5) is 5.69 Å². The standard InChI is InChI=1S/C14H17Br2N3/c1-4-19-13(14(16)10(3)18-19)8-17-12-6-5-9(2)7-11(12)15/h5-7,17H,4,8H2,1-3H3. The Hall–Kier alpha value is -0.810. The van der Waals surface area contributed by atoms with E-state index in [9.17, 15) is 0 Å². The van der Waals surface area contributed by atoms with Crippen LogP contribution in [0.25, 0.3) is 0 Å². The van der Waals surface area contributed by atoms with E-state index in [2.05, 4.69) is 74.3 Å². The van der Waals surface area contributed by atoms with Crippen LogP contribution in [-0.4, -0.2) is 9.78 Å². The van der Waals surface area contributed by atoms with Crippen molar-refractivity contribution < 1.29 is 0 Å². The maximum atomic E-state index is 4.50. The third-order valence-corrected chi connectivity index (χ3v) is 4.71. The quantitative estimate of drug-likeness (QED) is 0.828. The SMILES string of the molecule is CCn1nc(C)c(Br)c1CNc1ccc(C)cc1Br. The van der Waals surface area contributed by atoms with E-state index < -0.39 is 0 Å². The molecule has 0 saturated carbocycles. The van der Waals surface area contributed by atoms with Gasteiger partial charge >= 0.3 is 0 Å². The van der Waals surface area contributed by atoms with E-state index in [1.807, 2.05) is 11.6 Å². The summed E-state index contributed by atoms with van der Waals surface area (Å²) in [5.41, 5.74) is 4.54. The van der Waals surface area contributed by atoms with Crippen molar-refractivity contribution in [2.24, 2.45) is 0 Å². The van der Waals surface area contributed by atoms with Crippen LogP contribution in [0.5, 0.6) is 0 Å². The van der Waals surface area contributed by atoms with Crippen molar-refractivity contribution in [1.82, 2.24) is 9.78 Å². The normalized spacial score (nSPS) is 10.8. The van der Waals surface area contributed by atoms with Crippen LogP contribution in [0, 0.1) is 13.8 Å². The lowest BCUT2D eigenvalue weighted by Gasteiger charge is -2.11. The molecule has 2 aromatic rings. The first-order chi connectivity index (χ1) is 9.02. The van der Waals surface area contributed by atoms with E-state index in [-0.39, 0.29) is 0 Å². The number of aryl methyl sites for hydroxylation is 3. The lowest BCUT2D eigenvalue weighted by atomic mass is 10.2. The molecule has 0 spiro atoms. The molecule has 1 N–H and O–H groups in total. The molecular weight excluding hydrogens is 370 g/mol. The number of benzene rings is 1. The van der Waals surface area contributed by atoms with Crippen LogP contribution >= 0.6 is 31.9 Å². The minimum atomic E-state index is 0.747. The van der Waals surface area contributed by atoms with Crippen LogP contribution in [0.15, 0.2) is 27.1 Å². The average Bonchev–Trinajstić information content (AvgIpc) is 2.65. The Balaban J connectivity index is 2.18. The highest BCUT2D eigenvalue weighted by Gasteiger charge is 2.12. The van der Waals surface area contributed by atoms with E-state index in [1.54, 1.807) is 0 Å². The number of aromatic nitrogens is 2. The molecule has 0 aliphatic rings. The minimum absolute atomic E-state index is 0.747. The van der Waals surface area contributed by atoms with Gasteiger partial charge in [0.15, 0.2) is 0 Å². The molecule has 2 rings (SSSR count). The number of hydrogen-bond donors (Lipinski definition) is 1. The number of nitrogens with zero attached hydrogens (tertiary/aromatic N) is 2. The summed E-state index contributed by atoms with van der Waals surface area (Å²) in [7, 11) is 0. The summed E-state index contributed by atoms with van der Waals surface area (Å²) in [5.74, 6) is 0. The molecule has 1 aromatic heterocycles. The van der Waals surface area contributed by atoms with Gasteiger partial charge in [0.25, 0.3) is 0 Å². The predicted octanol–water partition coefficient (Wildman–Crippen LogP) is 4.66. The summed E-state index contributed by atoms with van der Waals surface area (Å²) in [6, 6.07) is 6.30. The minimum Gasteiger partial charge on any atom is -0.378 e. The van der Waals surface area contributed by atoms with E-state index in [1.165, 1.54) is 11.3 Å². The maximum Gasteiger partial charge on any atom is 0.0739 e. The van der Waals surface area contributed by atoms with Crippen molar-refractivity contribution in [1.29, 1.82) is 0 Å². The van der Waals surface area contributed by atoms with Gasteiger partial charge in [-0.1, -0.05) is 6.07 Å². The van der Waals surface area contributed by atoms with Crippen molar-refractivity contribution in [3.05, 3.63) is 44.1 Å². The lowest BCUT2D eigenvalue weighted by molar-refractivity contribution is 0.622. The molecule has 0 amide bonds. The Bertz CT molecular complexity index is 591. The van der Waals surface area contributed by atoms with E-state index in [4.69, 9.17) is 0 Å². The molecule has 1 aromatic carbocycles. The molecule has 0 bridgehead atoms. The average molecular weight is 387 g/mol. The number of nitrogens with one attached hydrogen (secondary N) is 1. The summed E-state index contributed by atoms with van der Waals surface area (Å²) in [5, 5.41) is 7.94. The third kappa shape index (κ3) is 3.20. The molecule has 0 saturated heterocycles. The van der Waals surface area contributed by atoms with Gasteiger partial charge in [-0.25, -0.2) is 0 Å². The van der Waals surface area contributed by atoms with Gasteiger partial charge in [-0.3, -0.25) is 4.68 Å². The Morgan fingerprint density at radius 1 is 1.26 bits per heavy atom. The highest BCUT2D eigenvalue weighted by Crippen LogP contribution is 2.26. The van der Waals surface area contributed by atoms with Crippen molar-refractivity contribution in [2.75, 3.05) is 5.32 Å². The molecule has 0 fully saturated rings. The fourth-order valence-corrected chi connectivity index (χ4v) is 3.04. The number of hydrogen-bond acceptors (Lipinski definition) is 2. The van der Waals surface area contributed by atoms with Crippen LogP contribution in [0.3, 0.4) is 0 Å². The predicted molar refractivity (Wildman–Crippen MR) is 86.5 cm³/mol. The first-order valence-corrected chi connectivity index (χ1v) is 7.83. The van der Waals surface area contributed by atoms with Crippen LogP contribution in [0.2, 0.25) is 0 Å². The van der Waals surface area contributed by atoms with Crippen LogP contribution in [-0.2, 0) is 13.1 Å². The van der Waals surface area contributed by atoms with Gasteiger partial charge in [0, 0.05) is 16.7 Å². The number of rotatable bonds is 4. The number of anilines is 1. The van der Waals surface area contributed by atoms with Crippen LogP contribution < -0.4 is 5.32 Å². The molecule has 102 valence electrons. The second-order valence-corrected chi connectivity index (χ2v) is 6.15. The summed E-state index contributed by atoms with van der Waals surface area (Å²) >= 11 is 7.19. The van der Waals surface area contributed by atoms with Gasteiger partial charge in [-0.2, -0.15) is 5.10 Å². The third-order valence-electron chi connectivity index (χ3n) is 3.02. The zero-order valence-electron chi connectivity index (χ0n) is 11.3. The first-order valence-electron chi connectivity index (χ1n) is 6.24. The van der Waals surface area contributed by atoms with Gasteiger partial charge in [0.05, 0.1) is 22.4 Å². The molecule has 0 atom stereocenters. The van der Waals surface area contributed by atoms with Gasteiger partial charge in [-0.15, -0.1) is 0 Å². The monoisotopic (exact) mass is 385 g/mol. The molecule has 0 radical (unpaired) electrons. The molecule has 0 aliphatic heterocycles. The van der Waals surface area contributed by atoms with Gasteiger partial charge < -0.3 is 5.32 Å². The second-order valence-electron chi connectivity index (χ2n) is 4.50. The summed E-state index contributed by atoms with van der Waals surface area (Å²) < 4.78 is 4.20.